The second-order valence-electron chi connectivity index (χ2n) is 9.97. The highest BCUT2D eigenvalue weighted by Crippen LogP contribution is 2.34. The Balaban J connectivity index is 2.01. The van der Waals surface area contributed by atoms with Crippen molar-refractivity contribution in [3.05, 3.63) is 95.6 Å². The number of carbonyl (C=O) groups excluding carboxylic acids is 3. The third kappa shape index (κ3) is 9.57. The van der Waals surface area contributed by atoms with Crippen molar-refractivity contribution in [2.75, 3.05) is 14.2 Å². The summed E-state index contributed by atoms with van der Waals surface area (Å²) >= 11 is 0. The van der Waals surface area contributed by atoms with E-state index in [0.29, 0.717) is 28.2 Å². The Morgan fingerprint density at radius 1 is 0.837 bits per heavy atom. The van der Waals surface area contributed by atoms with E-state index < -0.39 is 47.7 Å². The Bertz CT molecular complexity index is 1320. The Morgan fingerprint density at radius 3 is 1.84 bits per heavy atom. The van der Waals surface area contributed by atoms with Gasteiger partial charge in [-0.25, -0.2) is 0 Å². The highest BCUT2D eigenvalue weighted by molar-refractivity contribution is 5.94. The molecule has 3 aromatic carbocycles. The first kappa shape index (κ1) is 32.6. The van der Waals surface area contributed by atoms with E-state index >= 15 is 0 Å². The largest absolute Gasteiger partial charge is 0.497 e. The maximum absolute atomic E-state index is 13.3. The van der Waals surface area contributed by atoms with Crippen molar-refractivity contribution in [2.24, 2.45) is 17.4 Å². The molecule has 0 heterocycles. The van der Waals surface area contributed by atoms with Gasteiger partial charge in [0.15, 0.2) is 5.92 Å². The minimum absolute atomic E-state index is 0.00883. The van der Waals surface area contributed by atoms with E-state index in [1.165, 1.54) is 14.2 Å². The number of carboxylic acids is 1. The molecule has 0 bridgehead atoms. The van der Waals surface area contributed by atoms with Gasteiger partial charge in [-0.05, 0) is 53.8 Å². The Labute approximate surface area is 250 Å². The molecule has 11 heteroatoms. The van der Waals surface area contributed by atoms with Crippen LogP contribution in [0.2, 0.25) is 0 Å². The van der Waals surface area contributed by atoms with Crippen LogP contribution >= 0.6 is 0 Å². The molecule has 2 unspecified atom stereocenters. The molecule has 0 spiro atoms. The monoisotopic (exact) mass is 591 g/mol. The van der Waals surface area contributed by atoms with Crippen LogP contribution in [0, 0.1) is 5.92 Å². The van der Waals surface area contributed by atoms with Crippen LogP contribution in [0.1, 0.15) is 41.9 Å². The van der Waals surface area contributed by atoms with Crippen LogP contribution < -0.4 is 26.3 Å². The number of methoxy groups -OCH3 is 2. The topological polar surface area (TPSA) is 180 Å². The van der Waals surface area contributed by atoms with Crippen LogP contribution in [0.5, 0.6) is 11.5 Å². The summed E-state index contributed by atoms with van der Waals surface area (Å²) in [4.78, 5) is 50.1. The summed E-state index contributed by atoms with van der Waals surface area (Å²) in [5.74, 6) is -4.64. The van der Waals surface area contributed by atoms with Crippen LogP contribution in [-0.2, 0) is 30.5 Å². The number of carboxylic acid groups (broad SMARTS) is 1. The lowest BCUT2D eigenvalue weighted by Gasteiger charge is -2.31. The van der Waals surface area contributed by atoms with Crippen molar-refractivity contribution in [2.45, 2.75) is 43.9 Å². The highest BCUT2D eigenvalue weighted by atomic mass is 16.5. The average molecular weight is 592 g/mol. The quantitative estimate of drug-likeness (QED) is 0.144. The van der Waals surface area contributed by atoms with Gasteiger partial charge in [-0.15, -0.1) is 0 Å². The number of primary amides is 1. The Kier molecular flexibility index (Phi) is 12.1. The summed E-state index contributed by atoms with van der Waals surface area (Å²) in [7, 11) is 3.07. The van der Waals surface area contributed by atoms with Gasteiger partial charge in [0.25, 0.3) is 0 Å². The summed E-state index contributed by atoms with van der Waals surface area (Å²) < 4.78 is 16.0. The number of rotatable bonds is 16. The first-order valence-corrected chi connectivity index (χ1v) is 13.7. The number of nitrogens with one attached hydrogen (secondary N) is 1. The molecule has 0 aliphatic carbocycles. The van der Waals surface area contributed by atoms with Crippen molar-refractivity contribution in [3.8, 4) is 11.5 Å². The fourth-order valence-electron chi connectivity index (χ4n) is 4.66. The van der Waals surface area contributed by atoms with Gasteiger partial charge in [0.2, 0.25) is 11.8 Å². The summed E-state index contributed by atoms with van der Waals surface area (Å²) in [6, 6.07) is 21.0. The van der Waals surface area contributed by atoms with Crippen LogP contribution in [0.25, 0.3) is 0 Å². The Hall–Kier alpha value is -4.90. The maximum Gasteiger partial charge on any atom is 0.320 e. The average Bonchev–Trinajstić information content (AvgIpc) is 3.02. The number of benzene rings is 3. The third-order valence-corrected chi connectivity index (χ3v) is 7.01. The zero-order chi connectivity index (χ0) is 31.4. The van der Waals surface area contributed by atoms with Gasteiger partial charge in [0.05, 0.1) is 20.3 Å². The van der Waals surface area contributed by atoms with Crippen molar-refractivity contribution in [1.82, 2.24) is 5.32 Å². The van der Waals surface area contributed by atoms with Crippen molar-refractivity contribution in [1.29, 1.82) is 0 Å². The summed E-state index contributed by atoms with van der Waals surface area (Å²) in [6.07, 6.45) is -0.436. The number of amides is 2. The number of aliphatic carboxylic acids is 1. The van der Waals surface area contributed by atoms with Gasteiger partial charge in [0.1, 0.15) is 18.1 Å². The van der Waals surface area contributed by atoms with Crippen molar-refractivity contribution in [3.63, 3.8) is 0 Å². The van der Waals surface area contributed by atoms with E-state index in [2.05, 4.69) is 5.32 Å². The number of hydrogen-bond donors (Lipinski definition) is 4. The number of nitrogens with two attached hydrogens (primary N) is 2. The fraction of sp³-hybridized carbons (Fsp3) is 0.312. The molecule has 0 aromatic heterocycles. The van der Waals surface area contributed by atoms with Crippen molar-refractivity contribution < 1.29 is 38.5 Å². The predicted octanol–water partition coefficient (Wildman–Crippen LogP) is 2.75. The lowest BCUT2D eigenvalue weighted by atomic mass is 9.80. The molecular formula is C32H37N3O8. The van der Waals surface area contributed by atoms with Crippen LogP contribution in [-0.4, -0.2) is 55.2 Å². The number of esters is 1. The minimum atomic E-state index is -1.62. The number of carbonyl (C=O) groups is 4. The normalized spacial score (nSPS) is 12.9. The number of ether oxygens (including phenoxy) is 3. The van der Waals surface area contributed by atoms with E-state index in [0.717, 1.165) is 0 Å². The van der Waals surface area contributed by atoms with E-state index in [1.807, 2.05) is 6.07 Å². The first-order valence-electron chi connectivity index (χ1n) is 13.7. The molecule has 6 N–H and O–H groups in total. The summed E-state index contributed by atoms with van der Waals surface area (Å²) in [6.45, 7) is -0.112. The lowest BCUT2D eigenvalue weighted by molar-refractivity contribution is -0.160. The third-order valence-electron chi connectivity index (χ3n) is 7.01. The van der Waals surface area contributed by atoms with Crippen molar-refractivity contribution >= 4 is 23.8 Å². The molecule has 43 heavy (non-hydrogen) atoms. The van der Waals surface area contributed by atoms with Gasteiger partial charge < -0.3 is 36.1 Å². The summed E-state index contributed by atoms with van der Waals surface area (Å²) in [5, 5.41) is 13.0. The molecule has 228 valence electrons. The molecule has 3 aromatic rings. The Morgan fingerprint density at radius 2 is 1.37 bits per heavy atom. The van der Waals surface area contributed by atoms with E-state index in [9.17, 15) is 24.3 Å². The maximum atomic E-state index is 13.3. The number of hydrogen-bond acceptors (Lipinski definition) is 8. The van der Waals surface area contributed by atoms with Gasteiger partial charge >= 0.3 is 11.9 Å². The highest BCUT2D eigenvalue weighted by Gasteiger charge is 2.37. The van der Waals surface area contributed by atoms with Gasteiger partial charge in [-0.1, -0.05) is 54.6 Å². The first-order chi connectivity index (χ1) is 20.6. The molecule has 0 saturated carbocycles. The lowest BCUT2D eigenvalue weighted by Crippen LogP contribution is -2.49. The SMILES string of the molecule is COc1ccc(C(c2ccc(OC)cc2)C(CC(C(=O)O)C(=O)OCc2ccccc2)NC(=O)[C@@H](N)CCC(N)=O)cc1. The van der Waals surface area contributed by atoms with Gasteiger partial charge in [-0.3, -0.25) is 19.2 Å². The summed E-state index contributed by atoms with van der Waals surface area (Å²) in [5.41, 5.74) is 13.4. The molecule has 0 fully saturated rings. The molecule has 0 aliphatic rings. The van der Waals surface area contributed by atoms with E-state index in [1.54, 1.807) is 72.8 Å². The van der Waals surface area contributed by atoms with Crippen LogP contribution in [0.4, 0.5) is 0 Å². The molecule has 3 atom stereocenters. The smallest absolute Gasteiger partial charge is 0.320 e. The molecule has 0 saturated heterocycles. The molecule has 0 radical (unpaired) electrons. The zero-order valence-electron chi connectivity index (χ0n) is 24.1. The van der Waals surface area contributed by atoms with E-state index in [4.69, 9.17) is 25.7 Å². The van der Waals surface area contributed by atoms with Gasteiger partial charge in [-0.2, -0.15) is 0 Å². The minimum Gasteiger partial charge on any atom is -0.497 e. The molecule has 3 rings (SSSR count). The fourth-order valence-corrected chi connectivity index (χ4v) is 4.66. The predicted molar refractivity (Wildman–Crippen MR) is 158 cm³/mol. The molecular weight excluding hydrogens is 554 g/mol. The van der Waals surface area contributed by atoms with Crippen LogP contribution in [0.15, 0.2) is 78.9 Å². The second kappa shape index (κ2) is 15.9. The molecule has 2 amide bonds. The second-order valence-corrected chi connectivity index (χ2v) is 9.97. The van der Waals surface area contributed by atoms with Crippen LogP contribution in [0.3, 0.4) is 0 Å². The standard InChI is InChI=1S/C32H37N3O8/c1-41-23-12-8-21(9-13-23)29(22-10-14-24(42-2)15-11-22)27(35-30(37)26(33)16-17-28(34)36)18-25(31(38)39)32(40)43-19-20-6-4-3-5-7-20/h3-15,25-27,29H,16-19,33H2,1-2H3,(H2,34,36)(H,35,37)(H,38,39)/t25?,26-,27?/m0/s1. The van der Waals surface area contributed by atoms with E-state index in [-0.39, 0.29) is 25.9 Å². The molecule has 0 aliphatic heterocycles. The van der Waals surface area contributed by atoms with Gasteiger partial charge in [0, 0.05) is 18.4 Å². The molecule has 11 nitrogen and oxygen atoms in total. The zero-order valence-corrected chi connectivity index (χ0v) is 24.1.